The molecule has 0 radical (unpaired) electrons. The van der Waals surface area contributed by atoms with E-state index in [2.05, 4.69) is 11.7 Å². The van der Waals surface area contributed by atoms with Gasteiger partial charge in [-0.1, -0.05) is 37.3 Å². The molecule has 1 amide bonds. The number of likely N-dealkylation sites (tertiary alicyclic amines) is 1. The van der Waals surface area contributed by atoms with Crippen LogP contribution in [0, 0.1) is 23.7 Å². The largest absolute Gasteiger partial charge is 0.457 e. The van der Waals surface area contributed by atoms with Gasteiger partial charge in [0, 0.05) is 18.5 Å². The fourth-order valence-corrected chi connectivity index (χ4v) is 6.13. The predicted octanol–water partition coefficient (Wildman–Crippen LogP) is 3.04. The molecule has 4 rings (SSSR count). The summed E-state index contributed by atoms with van der Waals surface area (Å²) in [5.74, 6) is -0.563. The molecule has 2 bridgehead atoms. The van der Waals surface area contributed by atoms with Gasteiger partial charge in [0.05, 0.1) is 6.61 Å². The summed E-state index contributed by atoms with van der Waals surface area (Å²) in [7, 11) is 0. The molecule has 0 spiro atoms. The number of fused-ring (bicyclic) bond motifs is 1. The van der Waals surface area contributed by atoms with E-state index in [0.717, 1.165) is 18.4 Å². The van der Waals surface area contributed by atoms with E-state index in [-0.39, 0.29) is 43.3 Å². The van der Waals surface area contributed by atoms with Gasteiger partial charge in [-0.2, -0.15) is 4.79 Å². The third-order valence-electron chi connectivity index (χ3n) is 7.49. The first-order valence-corrected chi connectivity index (χ1v) is 11.5. The standard InChI is InChI=1S/C24H31N3O5/c1-3-31-22(28)21(26-25)24(30)12-17-9-15(2)10-20-19(17)11-18(24)13-27(20)23(29)32-14-16-7-5-4-6-8-16/h4-8,15,17-20,30H,3,9-14H2,1-2H3/t15-,17+,18-,19-,20+,24-/m1/s1. The SMILES string of the molecule is CCOC(=O)C(=[N+]=[N-])[C@@]1(O)C[C@@H]2C[C@@H](C)C[C@H]3[C@@H]2C[C@@H]1CN3C(=O)OCc1ccccc1. The number of ether oxygens (including phenoxy) is 2. The molecule has 172 valence electrons. The lowest BCUT2D eigenvalue weighted by Crippen LogP contribution is -2.67. The van der Waals surface area contributed by atoms with Crippen LogP contribution in [0.15, 0.2) is 30.3 Å². The van der Waals surface area contributed by atoms with Gasteiger partial charge >= 0.3 is 17.8 Å². The Hall–Kier alpha value is -2.70. The van der Waals surface area contributed by atoms with E-state index in [1.807, 2.05) is 30.3 Å². The molecule has 1 aliphatic heterocycles. The molecule has 6 atom stereocenters. The Morgan fingerprint density at radius 1 is 1.22 bits per heavy atom. The molecule has 1 heterocycles. The monoisotopic (exact) mass is 441 g/mol. The molecular formula is C24H31N3O5. The second-order valence-corrected chi connectivity index (χ2v) is 9.49. The van der Waals surface area contributed by atoms with Gasteiger partial charge in [-0.25, -0.2) is 9.59 Å². The van der Waals surface area contributed by atoms with E-state index in [0.29, 0.717) is 18.8 Å². The quantitative estimate of drug-likeness (QED) is 0.327. The Balaban J connectivity index is 1.60. The van der Waals surface area contributed by atoms with Crippen LogP contribution in [-0.4, -0.2) is 57.4 Å². The minimum absolute atomic E-state index is 0.0462. The van der Waals surface area contributed by atoms with Crippen LogP contribution < -0.4 is 0 Å². The molecule has 2 saturated carbocycles. The first kappa shape index (κ1) is 22.5. The smallest absolute Gasteiger partial charge is 0.420 e. The van der Waals surface area contributed by atoms with Crippen molar-refractivity contribution < 1.29 is 29.0 Å². The molecule has 3 aliphatic rings. The number of piperidine rings is 1. The highest BCUT2D eigenvalue weighted by atomic mass is 16.6. The Labute approximate surface area is 188 Å². The average molecular weight is 442 g/mol. The van der Waals surface area contributed by atoms with Crippen LogP contribution in [0.25, 0.3) is 5.53 Å². The maximum atomic E-state index is 13.1. The second-order valence-electron chi connectivity index (χ2n) is 9.49. The number of aliphatic hydroxyl groups is 1. The third-order valence-corrected chi connectivity index (χ3v) is 7.49. The van der Waals surface area contributed by atoms with Crippen LogP contribution in [0.2, 0.25) is 0 Å². The van der Waals surface area contributed by atoms with Gasteiger partial charge < -0.3 is 25.0 Å². The zero-order valence-corrected chi connectivity index (χ0v) is 18.6. The van der Waals surface area contributed by atoms with Gasteiger partial charge in [0.1, 0.15) is 6.61 Å². The zero-order chi connectivity index (χ0) is 22.9. The second kappa shape index (κ2) is 9.04. The van der Waals surface area contributed by atoms with Crippen LogP contribution in [0.5, 0.6) is 0 Å². The molecule has 3 fully saturated rings. The molecule has 1 N–H and O–H groups in total. The van der Waals surface area contributed by atoms with Crippen molar-refractivity contribution in [2.75, 3.05) is 13.2 Å². The minimum atomic E-state index is -1.65. The summed E-state index contributed by atoms with van der Waals surface area (Å²) < 4.78 is 10.7. The molecular weight excluding hydrogens is 410 g/mol. The number of hydrogen-bond acceptors (Lipinski definition) is 5. The van der Waals surface area contributed by atoms with Gasteiger partial charge in [0.2, 0.25) is 0 Å². The van der Waals surface area contributed by atoms with Crippen molar-refractivity contribution in [1.29, 1.82) is 0 Å². The molecule has 1 aromatic rings. The third kappa shape index (κ3) is 4.05. The number of hydrogen-bond donors (Lipinski definition) is 1. The summed E-state index contributed by atoms with van der Waals surface area (Å²) in [6.45, 7) is 4.33. The van der Waals surface area contributed by atoms with Crippen molar-refractivity contribution in [2.45, 2.75) is 57.8 Å². The minimum Gasteiger partial charge on any atom is -0.457 e. The normalized spacial score (nSPS) is 33.1. The average Bonchev–Trinajstić information content (AvgIpc) is 2.78. The maximum Gasteiger partial charge on any atom is 0.420 e. The van der Waals surface area contributed by atoms with Gasteiger partial charge in [-0.05, 0) is 55.9 Å². The highest BCUT2D eigenvalue weighted by Crippen LogP contribution is 2.53. The molecule has 1 saturated heterocycles. The lowest BCUT2D eigenvalue weighted by molar-refractivity contribution is -0.157. The Morgan fingerprint density at radius 3 is 2.66 bits per heavy atom. The fraction of sp³-hybridized carbons (Fsp3) is 0.625. The first-order chi connectivity index (χ1) is 15.4. The number of rotatable bonds is 5. The summed E-state index contributed by atoms with van der Waals surface area (Å²) >= 11 is 0. The lowest BCUT2D eigenvalue weighted by atomic mass is 9.55. The number of nitrogens with zero attached hydrogens (tertiary/aromatic N) is 3. The molecule has 8 heteroatoms. The number of benzene rings is 1. The van der Waals surface area contributed by atoms with Gasteiger partial charge in [0.15, 0.2) is 5.60 Å². The van der Waals surface area contributed by atoms with E-state index in [4.69, 9.17) is 9.47 Å². The molecule has 1 aromatic carbocycles. The molecule has 32 heavy (non-hydrogen) atoms. The van der Waals surface area contributed by atoms with Gasteiger partial charge in [-0.3, -0.25) is 0 Å². The summed E-state index contributed by atoms with van der Waals surface area (Å²) in [6, 6.07) is 9.55. The Kier molecular flexibility index (Phi) is 6.35. The molecule has 8 nitrogen and oxygen atoms in total. The molecule has 0 unspecified atom stereocenters. The van der Waals surface area contributed by atoms with Crippen LogP contribution in [0.3, 0.4) is 0 Å². The van der Waals surface area contributed by atoms with Crippen LogP contribution in [0.1, 0.15) is 45.1 Å². The number of carbonyl (C=O) groups is 2. The van der Waals surface area contributed by atoms with Crippen LogP contribution in [0.4, 0.5) is 4.79 Å². The molecule has 0 aromatic heterocycles. The summed E-state index contributed by atoms with van der Waals surface area (Å²) in [4.78, 5) is 30.5. The van der Waals surface area contributed by atoms with E-state index in [1.54, 1.807) is 11.8 Å². The van der Waals surface area contributed by atoms with Crippen molar-refractivity contribution in [3.05, 3.63) is 41.4 Å². The Bertz CT molecular complexity index is 915. The van der Waals surface area contributed by atoms with Crippen molar-refractivity contribution in [3.8, 4) is 0 Å². The van der Waals surface area contributed by atoms with E-state index in [9.17, 15) is 20.2 Å². The topological polar surface area (TPSA) is 112 Å². The summed E-state index contributed by atoms with van der Waals surface area (Å²) in [6.07, 6.45) is 2.37. The van der Waals surface area contributed by atoms with Crippen molar-refractivity contribution in [3.63, 3.8) is 0 Å². The van der Waals surface area contributed by atoms with E-state index < -0.39 is 23.6 Å². The highest BCUT2D eigenvalue weighted by Gasteiger charge is 2.62. The van der Waals surface area contributed by atoms with E-state index >= 15 is 0 Å². The van der Waals surface area contributed by atoms with Gasteiger partial charge in [-0.15, -0.1) is 0 Å². The lowest BCUT2D eigenvalue weighted by Gasteiger charge is -2.57. The highest BCUT2D eigenvalue weighted by molar-refractivity contribution is 6.37. The summed E-state index contributed by atoms with van der Waals surface area (Å²) in [5, 5.41) is 11.7. The predicted molar refractivity (Wildman–Crippen MR) is 115 cm³/mol. The van der Waals surface area contributed by atoms with Crippen LogP contribution >= 0.6 is 0 Å². The Morgan fingerprint density at radius 2 is 1.97 bits per heavy atom. The van der Waals surface area contributed by atoms with Crippen molar-refractivity contribution >= 4 is 17.8 Å². The number of esters is 1. The van der Waals surface area contributed by atoms with Crippen LogP contribution in [-0.2, 0) is 20.9 Å². The summed E-state index contributed by atoms with van der Waals surface area (Å²) in [5.41, 5.74) is 8.51. The first-order valence-electron chi connectivity index (χ1n) is 11.5. The van der Waals surface area contributed by atoms with Gasteiger partial charge in [0.25, 0.3) is 0 Å². The van der Waals surface area contributed by atoms with Crippen molar-refractivity contribution in [2.24, 2.45) is 23.7 Å². The molecule has 2 aliphatic carbocycles. The number of amides is 1. The maximum absolute atomic E-state index is 13.1. The van der Waals surface area contributed by atoms with E-state index in [1.165, 1.54) is 0 Å². The zero-order valence-electron chi connectivity index (χ0n) is 18.6. The number of carbonyl (C=O) groups excluding carboxylic acids is 2. The fourth-order valence-electron chi connectivity index (χ4n) is 6.13. The van der Waals surface area contributed by atoms with Crippen molar-refractivity contribution in [1.82, 2.24) is 4.90 Å².